The van der Waals surface area contributed by atoms with Gasteiger partial charge in [-0.15, -0.1) is 0 Å². The second kappa shape index (κ2) is 3.32. The van der Waals surface area contributed by atoms with E-state index in [-0.39, 0.29) is 5.43 Å². The summed E-state index contributed by atoms with van der Waals surface area (Å²) in [6.07, 6.45) is 3.25. The van der Waals surface area contributed by atoms with E-state index in [0.29, 0.717) is 12.1 Å². The largest absolute Gasteiger partial charge is 0.351 e. The third kappa shape index (κ3) is 1.90. The van der Waals surface area contributed by atoms with Crippen molar-refractivity contribution in [2.75, 3.05) is 6.67 Å². The van der Waals surface area contributed by atoms with E-state index in [9.17, 15) is 9.18 Å². The van der Waals surface area contributed by atoms with Crippen molar-refractivity contribution in [1.82, 2.24) is 4.57 Å². The van der Waals surface area contributed by atoms with E-state index in [2.05, 4.69) is 0 Å². The van der Waals surface area contributed by atoms with Crippen LogP contribution in [0, 0.1) is 6.92 Å². The van der Waals surface area contributed by atoms with E-state index in [1.54, 1.807) is 23.9 Å². The molecular formula is C8H10FNO. The highest BCUT2D eigenvalue weighted by molar-refractivity contribution is 5.07. The van der Waals surface area contributed by atoms with Gasteiger partial charge < -0.3 is 4.57 Å². The number of alkyl halides is 1. The molecule has 0 atom stereocenters. The lowest BCUT2D eigenvalue weighted by molar-refractivity contribution is 0.444. The normalized spacial score (nSPS) is 10.0. The van der Waals surface area contributed by atoms with Crippen LogP contribution >= 0.6 is 0 Å². The van der Waals surface area contributed by atoms with Crippen LogP contribution in [-0.4, -0.2) is 11.2 Å². The van der Waals surface area contributed by atoms with Crippen molar-refractivity contribution in [2.24, 2.45) is 0 Å². The summed E-state index contributed by atoms with van der Waals surface area (Å²) < 4.78 is 13.5. The zero-order chi connectivity index (χ0) is 8.27. The van der Waals surface area contributed by atoms with Crippen LogP contribution < -0.4 is 5.43 Å². The highest BCUT2D eigenvalue weighted by Gasteiger charge is 1.92. The number of hydrogen-bond acceptors (Lipinski definition) is 1. The maximum atomic E-state index is 11.8. The van der Waals surface area contributed by atoms with Gasteiger partial charge in [0.25, 0.3) is 0 Å². The van der Waals surface area contributed by atoms with Crippen LogP contribution in [0.4, 0.5) is 4.39 Å². The molecule has 0 bridgehead atoms. The molecule has 0 aliphatic carbocycles. The first kappa shape index (κ1) is 7.98. The predicted octanol–water partition coefficient (Wildman–Crippen LogP) is 1.13. The van der Waals surface area contributed by atoms with Gasteiger partial charge in [0.05, 0.1) is 6.54 Å². The Labute approximate surface area is 64.3 Å². The third-order valence-electron chi connectivity index (χ3n) is 1.51. The molecule has 3 heteroatoms. The fourth-order valence-corrected chi connectivity index (χ4v) is 0.887. The quantitative estimate of drug-likeness (QED) is 0.627. The summed E-state index contributed by atoms with van der Waals surface area (Å²) in [4.78, 5) is 10.9. The molecule has 0 spiro atoms. The third-order valence-corrected chi connectivity index (χ3v) is 1.51. The van der Waals surface area contributed by atoms with Crippen molar-refractivity contribution >= 4 is 0 Å². The molecule has 1 heterocycles. The van der Waals surface area contributed by atoms with Gasteiger partial charge in [-0.05, 0) is 6.92 Å². The second-order valence-electron chi connectivity index (χ2n) is 2.42. The zero-order valence-corrected chi connectivity index (χ0v) is 6.38. The first-order valence-corrected chi connectivity index (χ1v) is 3.46. The van der Waals surface area contributed by atoms with Crippen LogP contribution in [-0.2, 0) is 6.54 Å². The summed E-state index contributed by atoms with van der Waals surface area (Å²) in [5.74, 6) is 0. The monoisotopic (exact) mass is 155 g/mol. The molecule has 0 unspecified atom stereocenters. The molecule has 60 valence electrons. The molecule has 1 rings (SSSR count). The average molecular weight is 155 g/mol. The Hall–Kier alpha value is -1.12. The summed E-state index contributed by atoms with van der Waals surface area (Å²) in [7, 11) is 0. The Morgan fingerprint density at radius 1 is 1.64 bits per heavy atom. The zero-order valence-electron chi connectivity index (χ0n) is 6.38. The van der Waals surface area contributed by atoms with Gasteiger partial charge in [0.2, 0.25) is 0 Å². The average Bonchev–Trinajstić information content (AvgIpc) is 1.98. The van der Waals surface area contributed by atoms with Gasteiger partial charge in [-0.1, -0.05) is 0 Å². The molecule has 0 aliphatic heterocycles. The van der Waals surface area contributed by atoms with Gasteiger partial charge in [0.1, 0.15) is 6.67 Å². The van der Waals surface area contributed by atoms with Crippen LogP contribution in [0.5, 0.6) is 0 Å². The van der Waals surface area contributed by atoms with E-state index in [0.717, 1.165) is 0 Å². The second-order valence-corrected chi connectivity index (χ2v) is 2.42. The Kier molecular flexibility index (Phi) is 2.41. The summed E-state index contributed by atoms with van der Waals surface area (Å²) in [6, 6.07) is 1.45. The van der Waals surface area contributed by atoms with Gasteiger partial charge in [0, 0.05) is 24.0 Å². The van der Waals surface area contributed by atoms with Gasteiger partial charge in [-0.2, -0.15) is 0 Å². The minimum absolute atomic E-state index is 0.000100. The van der Waals surface area contributed by atoms with Crippen LogP contribution in [0.2, 0.25) is 0 Å². The molecule has 1 aromatic rings. The molecular weight excluding hydrogens is 145 g/mol. The Bertz CT molecular complexity index is 292. The molecule has 0 N–H and O–H groups in total. The molecule has 2 nitrogen and oxygen atoms in total. The standard InChI is InChI=1S/C8H10FNO/c1-7-6-10(5-3-9)4-2-8(7)11/h2,4,6H,3,5H2,1H3. The smallest absolute Gasteiger partial charge is 0.184 e. The van der Waals surface area contributed by atoms with Crippen molar-refractivity contribution in [1.29, 1.82) is 0 Å². The van der Waals surface area contributed by atoms with E-state index >= 15 is 0 Å². The SMILES string of the molecule is Cc1cn(CCF)ccc1=O. The summed E-state index contributed by atoms with van der Waals surface area (Å²) >= 11 is 0. The molecule has 0 saturated carbocycles. The minimum Gasteiger partial charge on any atom is -0.351 e. The van der Waals surface area contributed by atoms with Gasteiger partial charge >= 0.3 is 0 Å². The predicted molar refractivity (Wildman–Crippen MR) is 41.4 cm³/mol. The van der Waals surface area contributed by atoms with E-state index in [4.69, 9.17) is 0 Å². The maximum absolute atomic E-state index is 11.8. The van der Waals surface area contributed by atoms with Crippen molar-refractivity contribution in [3.63, 3.8) is 0 Å². The van der Waals surface area contributed by atoms with E-state index < -0.39 is 6.67 Å². The van der Waals surface area contributed by atoms with Crippen LogP contribution in [0.25, 0.3) is 0 Å². The first-order valence-electron chi connectivity index (χ1n) is 3.46. The van der Waals surface area contributed by atoms with Crippen LogP contribution in [0.1, 0.15) is 5.56 Å². The summed E-state index contributed by atoms with van der Waals surface area (Å²) in [5, 5.41) is 0. The van der Waals surface area contributed by atoms with Crippen LogP contribution in [0.15, 0.2) is 23.3 Å². The Balaban J connectivity index is 2.96. The number of rotatable bonds is 2. The van der Waals surface area contributed by atoms with Crippen molar-refractivity contribution < 1.29 is 4.39 Å². The number of halogens is 1. The lowest BCUT2D eigenvalue weighted by Crippen LogP contribution is -2.09. The van der Waals surface area contributed by atoms with Crippen LogP contribution in [0.3, 0.4) is 0 Å². The summed E-state index contributed by atoms with van der Waals surface area (Å²) in [5.41, 5.74) is 0.654. The number of pyridine rings is 1. The lowest BCUT2D eigenvalue weighted by Gasteiger charge is -2.02. The number of nitrogens with zero attached hydrogens (tertiary/aromatic N) is 1. The number of aromatic nitrogens is 1. The molecule has 0 aliphatic rings. The Morgan fingerprint density at radius 3 is 2.91 bits per heavy atom. The molecule has 11 heavy (non-hydrogen) atoms. The molecule has 0 radical (unpaired) electrons. The topological polar surface area (TPSA) is 22.0 Å². The van der Waals surface area contributed by atoms with Crippen molar-refractivity contribution in [3.05, 3.63) is 34.2 Å². The molecule has 0 aromatic carbocycles. The molecule has 0 amide bonds. The first-order chi connectivity index (χ1) is 5.24. The van der Waals surface area contributed by atoms with E-state index in [1.165, 1.54) is 6.07 Å². The fraction of sp³-hybridized carbons (Fsp3) is 0.375. The number of hydrogen-bond donors (Lipinski definition) is 0. The van der Waals surface area contributed by atoms with Gasteiger partial charge in [-0.25, -0.2) is 4.39 Å². The highest BCUT2D eigenvalue weighted by atomic mass is 19.1. The molecule has 0 saturated heterocycles. The lowest BCUT2D eigenvalue weighted by atomic mass is 10.3. The Morgan fingerprint density at radius 2 is 2.36 bits per heavy atom. The highest BCUT2D eigenvalue weighted by Crippen LogP contribution is 1.90. The van der Waals surface area contributed by atoms with E-state index in [1.807, 2.05) is 0 Å². The number of aryl methyl sites for hydroxylation is 2. The maximum Gasteiger partial charge on any atom is 0.184 e. The molecule has 1 aromatic heterocycles. The van der Waals surface area contributed by atoms with Gasteiger partial charge in [-0.3, -0.25) is 4.79 Å². The van der Waals surface area contributed by atoms with Crippen molar-refractivity contribution in [3.8, 4) is 0 Å². The minimum atomic E-state index is -0.400. The van der Waals surface area contributed by atoms with Crippen molar-refractivity contribution in [2.45, 2.75) is 13.5 Å². The van der Waals surface area contributed by atoms with Gasteiger partial charge in [0.15, 0.2) is 5.43 Å². The fourth-order valence-electron chi connectivity index (χ4n) is 0.887. The molecule has 0 fully saturated rings. The summed E-state index contributed by atoms with van der Waals surface area (Å²) in [6.45, 7) is 1.64.